The van der Waals surface area contributed by atoms with Crippen molar-refractivity contribution in [2.45, 2.75) is 45.2 Å². The van der Waals surface area contributed by atoms with Crippen molar-refractivity contribution >= 4 is 5.91 Å². The van der Waals surface area contributed by atoms with Crippen LogP contribution in [0.5, 0.6) is 0 Å². The van der Waals surface area contributed by atoms with Crippen LogP contribution in [0.4, 0.5) is 0 Å². The highest BCUT2D eigenvalue weighted by Gasteiger charge is 2.14. The van der Waals surface area contributed by atoms with E-state index in [-0.39, 0.29) is 5.91 Å². The Morgan fingerprint density at radius 1 is 1.50 bits per heavy atom. The van der Waals surface area contributed by atoms with Crippen LogP contribution in [0.25, 0.3) is 0 Å². The van der Waals surface area contributed by atoms with Crippen molar-refractivity contribution in [2.24, 2.45) is 5.73 Å². The molecule has 0 fully saturated rings. The lowest BCUT2D eigenvalue weighted by atomic mass is 10.1. The number of carbonyl (C=O) groups excluding carboxylic acids is 1. The Balaban J connectivity index is 1.69. The van der Waals surface area contributed by atoms with Gasteiger partial charge < -0.3 is 20.6 Å². The summed E-state index contributed by atoms with van der Waals surface area (Å²) in [5.41, 5.74) is 6.74. The Morgan fingerprint density at radius 3 is 3.00 bits per heavy atom. The number of aryl methyl sites for hydroxylation is 1. The highest BCUT2D eigenvalue weighted by Crippen LogP contribution is 2.11. The number of carbonyl (C=O) groups is 1. The molecular weight excluding hydrogens is 280 g/mol. The van der Waals surface area contributed by atoms with Gasteiger partial charge in [0, 0.05) is 49.7 Å². The Morgan fingerprint density at radius 2 is 2.32 bits per heavy atom. The molecule has 2 aromatic rings. The zero-order chi connectivity index (χ0) is 15.9. The Labute approximate surface area is 130 Å². The zero-order valence-corrected chi connectivity index (χ0v) is 13.1. The minimum atomic E-state index is -0.556. The summed E-state index contributed by atoms with van der Waals surface area (Å²) in [7, 11) is 0. The molecule has 2 aromatic heterocycles. The van der Waals surface area contributed by atoms with Crippen LogP contribution in [-0.2, 0) is 17.8 Å². The fourth-order valence-electron chi connectivity index (χ4n) is 2.33. The number of hydrogen-bond donors (Lipinski definition) is 3. The molecule has 0 saturated heterocycles. The molecule has 0 radical (unpaired) electrons. The van der Waals surface area contributed by atoms with Gasteiger partial charge in [-0.1, -0.05) is 13.8 Å². The molecule has 0 bridgehead atoms. The fourth-order valence-corrected chi connectivity index (χ4v) is 2.33. The number of aromatic nitrogens is 4. The third kappa shape index (κ3) is 4.42. The summed E-state index contributed by atoms with van der Waals surface area (Å²) >= 11 is 0. The molecule has 1 amide bonds. The minimum Gasteiger partial charge on any atom is -0.355 e. The monoisotopic (exact) mass is 304 g/mol. The quantitative estimate of drug-likeness (QED) is 0.628. The third-order valence-electron chi connectivity index (χ3n) is 3.47. The molecule has 0 saturated carbocycles. The van der Waals surface area contributed by atoms with Crippen LogP contribution in [-0.4, -0.2) is 38.0 Å². The number of amides is 1. The lowest BCUT2D eigenvalue weighted by Crippen LogP contribution is -2.42. The molecule has 0 aliphatic heterocycles. The maximum absolute atomic E-state index is 11.9. The predicted molar refractivity (Wildman–Crippen MR) is 84.2 cm³/mol. The lowest BCUT2D eigenvalue weighted by Gasteiger charge is -2.13. The van der Waals surface area contributed by atoms with Crippen molar-refractivity contribution in [1.29, 1.82) is 0 Å². The molecule has 120 valence electrons. The molecule has 0 spiro atoms. The van der Waals surface area contributed by atoms with Gasteiger partial charge in [0.15, 0.2) is 0 Å². The summed E-state index contributed by atoms with van der Waals surface area (Å²) in [4.78, 5) is 23.1. The van der Waals surface area contributed by atoms with Gasteiger partial charge in [0.05, 0.1) is 12.4 Å². The third-order valence-corrected chi connectivity index (χ3v) is 3.47. The molecule has 7 heteroatoms. The fraction of sp³-hybridized carbons (Fsp3) is 0.533. The first-order chi connectivity index (χ1) is 10.6. The first-order valence-electron chi connectivity index (χ1n) is 7.59. The van der Waals surface area contributed by atoms with Crippen LogP contribution in [0, 0.1) is 0 Å². The molecule has 0 unspecified atom stereocenters. The number of H-pyrrole nitrogens is 1. The molecule has 0 aliphatic carbocycles. The van der Waals surface area contributed by atoms with Crippen molar-refractivity contribution in [1.82, 2.24) is 24.8 Å². The van der Waals surface area contributed by atoms with Crippen LogP contribution < -0.4 is 11.1 Å². The van der Waals surface area contributed by atoms with E-state index in [4.69, 9.17) is 5.73 Å². The zero-order valence-electron chi connectivity index (χ0n) is 13.1. The SMILES string of the molecule is CC(C)c1nccn1CCCNC(=O)[C@@H](N)Cc1cnc[nH]1. The van der Waals surface area contributed by atoms with E-state index in [9.17, 15) is 4.79 Å². The predicted octanol–water partition coefficient (Wildman–Crippen LogP) is 0.806. The maximum atomic E-state index is 11.9. The van der Waals surface area contributed by atoms with Crippen LogP contribution in [0.2, 0.25) is 0 Å². The summed E-state index contributed by atoms with van der Waals surface area (Å²) in [6, 6.07) is -0.556. The van der Waals surface area contributed by atoms with Crippen molar-refractivity contribution in [3.8, 4) is 0 Å². The summed E-state index contributed by atoms with van der Waals surface area (Å²) in [6.07, 6.45) is 8.36. The summed E-state index contributed by atoms with van der Waals surface area (Å²) in [6.45, 7) is 5.68. The minimum absolute atomic E-state index is 0.135. The Hall–Kier alpha value is -2.15. The van der Waals surface area contributed by atoms with E-state index < -0.39 is 6.04 Å². The van der Waals surface area contributed by atoms with Gasteiger partial charge in [-0.25, -0.2) is 9.97 Å². The Bertz CT molecular complexity index is 575. The molecule has 7 nitrogen and oxygen atoms in total. The Kier molecular flexibility index (Phi) is 5.71. The number of aromatic amines is 1. The average molecular weight is 304 g/mol. The van der Waals surface area contributed by atoms with Gasteiger partial charge in [-0.2, -0.15) is 0 Å². The smallest absolute Gasteiger partial charge is 0.237 e. The number of nitrogens with zero attached hydrogens (tertiary/aromatic N) is 3. The van der Waals surface area contributed by atoms with E-state index in [2.05, 4.69) is 38.7 Å². The molecule has 4 N–H and O–H groups in total. The first-order valence-corrected chi connectivity index (χ1v) is 7.59. The molecule has 2 rings (SSSR count). The molecule has 1 atom stereocenters. The van der Waals surface area contributed by atoms with Gasteiger partial charge in [-0.3, -0.25) is 4.79 Å². The van der Waals surface area contributed by atoms with Crippen molar-refractivity contribution in [3.63, 3.8) is 0 Å². The number of rotatable bonds is 8. The number of imidazole rings is 2. The van der Waals surface area contributed by atoms with Crippen LogP contribution in [0.3, 0.4) is 0 Å². The lowest BCUT2D eigenvalue weighted by molar-refractivity contribution is -0.122. The topological polar surface area (TPSA) is 102 Å². The van der Waals surface area contributed by atoms with E-state index in [0.29, 0.717) is 18.9 Å². The van der Waals surface area contributed by atoms with Gasteiger partial charge >= 0.3 is 0 Å². The van der Waals surface area contributed by atoms with Crippen LogP contribution in [0.15, 0.2) is 24.9 Å². The van der Waals surface area contributed by atoms with Gasteiger partial charge in [0.25, 0.3) is 0 Å². The van der Waals surface area contributed by atoms with E-state index in [0.717, 1.165) is 24.5 Å². The maximum Gasteiger partial charge on any atom is 0.237 e. The summed E-state index contributed by atoms with van der Waals surface area (Å²) in [5.74, 6) is 1.33. The summed E-state index contributed by atoms with van der Waals surface area (Å²) in [5, 5.41) is 2.87. The summed E-state index contributed by atoms with van der Waals surface area (Å²) < 4.78 is 2.13. The molecule has 2 heterocycles. The van der Waals surface area contributed by atoms with Gasteiger partial charge in [0.1, 0.15) is 5.82 Å². The van der Waals surface area contributed by atoms with Gasteiger partial charge in [0.2, 0.25) is 5.91 Å². The van der Waals surface area contributed by atoms with Crippen LogP contribution in [0.1, 0.15) is 37.7 Å². The largest absolute Gasteiger partial charge is 0.355 e. The molecule has 22 heavy (non-hydrogen) atoms. The van der Waals surface area contributed by atoms with Crippen LogP contribution >= 0.6 is 0 Å². The second kappa shape index (κ2) is 7.74. The second-order valence-electron chi connectivity index (χ2n) is 5.67. The molecule has 0 aromatic carbocycles. The van der Waals surface area contributed by atoms with E-state index >= 15 is 0 Å². The standard InChI is InChI=1S/C15H24N6O/c1-11(2)14-18-5-7-21(14)6-3-4-19-15(22)13(16)8-12-9-17-10-20-12/h5,7,9-11,13H,3-4,6,8,16H2,1-2H3,(H,17,20)(H,19,22)/t13-/m0/s1. The van der Waals surface area contributed by atoms with Gasteiger partial charge in [-0.15, -0.1) is 0 Å². The van der Waals surface area contributed by atoms with E-state index in [1.807, 2.05) is 12.4 Å². The van der Waals surface area contributed by atoms with Crippen molar-refractivity contribution < 1.29 is 4.79 Å². The first kappa shape index (κ1) is 16.2. The highest BCUT2D eigenvalue weighted by atomic mass is 16.2. The molecular formula is C15H24N6O. The van der Waals surface area contributed by atoms with E-state index in [1.165, 1.54) is 0 Å². The molecule has 0 aliphatic rings. The highest BCUT2D eigenvalue weighted by molar-refractivity contribution is 5.81. The van der Waals surface area contributed by atoms with Gasteiger partial charge in [-0.05, 0) is 6.42 Å². The van der Waals surface area contributed by atoms with Crippen molar-refractivity contribution in [3.05, 3.63) is 36.4 Å². The normalized spacial score (nSPS) is 12.5. The number of nitrogens with one attached hydrogen (secondary N) is 2. The second-order valence-corrected chi connectivity index (χ2v) is 5.67. The number of nitrogens with two attached hydrogens (primary N) is 1. The average Bonchev–Trinajstić information content (AvgIpc) is 3.14. The van der Waals surface area contributed by atoms with Crippen molar-refractivity contribution in [2.75, 3.05) is 6.54 Å². The number of hydrogen-bond acceptors (Lipinski definition) is 4. The van der Waals surface area contributed by atoms with E-state index in [1.54, 1.807) is 12.5 Å².